The molecule has 1 aromatic heterocycles. The van der Waals surface area contributed by atoms with Gasteiger partial charge in [0, 0.05) is 39.8 Å². The van der Waals surface area contributed by atoms with Crippen LogP contribution >= 0.6 is 11.3 Å². The average molecular weight is 626 g/mol. The number of ether oxygens (including phenoxy) is 1. The van der Waals surface area contributed by atoms with Crippen LogP contribution in [0.25, 0.3) is 11.1 Å². The molecule has 1 aliphatic heterocycles. The maximum Gasteiger partial charge on any atom is 0.345 e. The minimum Gasteiger partial charge on any atom is -0.394 e. The van der Waals surface area contributed by atoms with Crippen molar-refractivity contribution in [3.8, 4) is 11.1 Å². The Labute approximate surface area is 256 Å². The van der Waals surface area contributed by atoms with Crippen molar-refractivity contribution in [2.75, 3.05) is 19.7 Å². The molecule has 3 atom stereocenters. The molecule has 0 spiro atoms. The number of alkyl halides is 2. The summed E-state index contributed by atoms with van der Waals surface area (Å²) in [6.45, 7) is -0.0973. The average Bonchev–Trinajstić information content (AvgIpc) is 3.70. The normalized spacial score (nSPS) is 18.9. The van der Waals surface area contributed by atoms with Crippen LogP contribution in [-0.4, -0.2) is 72.0 Å². The van der Waals surface area contributed by atoms with E-state index in [1.165, 1.54) is 11.3 Å². The van der Waals surface area contributed by atoms with Crippen molar-refractivity contribution >= 4 is 34.9 Å². The Kier molecular flexibility index (Phi) is 8.82. The van der Waals surface area contributed by atoms with Crippen LogP contribution in [-0.2, 0) is 19.7 Å². The third-order valence-electron chi connectivity index (χ3n) is 8.20. The van der Waals surface area contributed by atoms with E-state index in [1.54, 1.807) is 23.6 Å². The number of carbonyl (C=O) groups excluding carboxylic acids is 3. The first-order valence-electron chi connectivity index (χ1n) is 14.0. The Balaban J connectivity index is 1.28. The first kappa shape index (κ1) is 31.2. The van der Waals surface area contributed by atoms with Crippen molar-refractivity contribution < 1.29 is 33.0 Å². The molecule has 5 rings (SSSR count). The number of thiophene rings is 1. The zero-order valence-corrected chi connectivity index (χ0v) is 24.9. The summed E-state index contributed by atoms with van der Waals surface area (Å²) in [5.74, 6) is -2.00. The van der Waals surface area contributed by atoms with E-state index in [2.05, 4.69) is 35.3 Å². The molecule has 0 radical (unpaired) electrons. The molecule has 232 valence electrons. The topological polar surface area (TPSA) is 158 Å². The molecule has 2 heterocycles. The summed E-state index contributed by atoms with van der Waals surface area (Å²) in [7, 11) is 0. The number of aliphatic hydroxyl groups is 1. The Bertz CT molecular complexity index is 1610. The number of carbonyl (C=O) groups is 3. The van der Waals surface area contributed by atoms with Crippen molar-refractivity contribution in [2.45, 2.75) is 50.5 Å². The molecule has 0 unspecified atom stereocenters. The maximum absolute atomic E-state index is 13.3. The second kappa shape index (κ2) is 12.4. The lowest BCUT2D eigenvalue weighted by Crippen LogP contribution is -2.49. The van der Waals surface area contributed by atoms with E-state index < -0.39 is 55.7 Å². The van der Waals surface area contributed by atoms with Crippen molar-refractivity contribution in [2.24, 2.45) is 5.73 Å². The van der Waals surface area contributed by atoms with Crippen molar-refractivity contribution in [1.82, 2.24) is 15.5 Å². The molecule has 1 fully saturated rings. The highest BCUT2D eigenvalue weighted by Crippen LogP contribution is 2.48. The summed E-state index contributed by atoms with van der Waals surface area (Å²) in [6.07, 6.45) is -1.30. The fraction of sp³-hybridized carbons (Fsp3) is 0.355. The van der Waals surface area contributed by atoms with Crippen molar-refractivity contribution in [1.29, 1.82) is 5.41 Å². The fourth-order valence-corrected chi connectivity index (χ4v) is 6.89. The lowest BCUT2D eigenvalue weighted by atomic mass is 9.82. The van der Waals surface area contributed by atoms with Gasteiger partial charge in [0.1, 0.15) is 11.9 Å². The summed E-state index contributed by atoms with van der Waals surface area (Å²) >= 11 is 1.18. The zero-order valence-electron chi connectivity index (χ0n) is 24.1. The van der Waals surface area contributed by atoms with E-state index >= 15 is 0 Å². The number of aliphatic hydroxyl groups excluding tert-OH is 1. The maximum atomic E-state index is 13.3. The highest BCUT2D eigenvalue weighted by molar-refractivity contribution is 7.10. The largest absolute Gasteiger partial charge is 0.394 e. The first-order valence-corrected chi connectivity index (χ1v) is 14.9. The van der Waals surface area contributed by atoms with E-state index in [-0.39, 0.29) is 24.2 Å². The highest BCUT2D eigenvalue weighted by atomic mass is 32.1. The standard InChI is InChI=1S/C31H33F2N5O5S/c1-31(2)21-6-4-3-5-19(21)20-9-16(7-8-22(20)31)28(41)36-12-26(40)38-13-18(43-30(32)33)11-24(38)29(42)37-23(14-39)25-10-17(15-44-25)27(34)35/h3-10,15,18,23-24,30,39H,11-14H2,1-2H3,(H3,34,35)(H,36,41)(H,37,42)/t18-,23-,24+/m1/s1. The predicted molar refractivity (Wildman–Crippen MR) is 161 cm³/mol. The molecule has 44 heavy (non-hydrogen) atoms. The Morgan fingerprint density at radius 1 is 1.14 bits per heavy atom. The van der Waals surface area contributed by atoms with Gasteiger partial charge in [0.05, 0.1) is 25.3 Å². The number of rotatable bonds is 10. The minimum absolute atomic E-state index is 0.175. The number of amidine groups is 1. The molecule has 6 N–H and O–H groups in total. The van der Waals surface area contributed by atoms with Gasteiger partial charge in [-0.25, -0.2) is 0 Å². The number of benzene rings is 2. The van der Waals surface area contributed by atoms with E-state index in [1.807, 2.05) is 24.3 Å². The van der Waals surface area contributed by atoms with Gasteiger partial charge < -0.3 is 31.1 Å². The predicted octanol–water partition coefficient (Wildman–Crippen LogP) is 3.13. The first-order chi connectivity index (χ1) is 20.9. The van der Waals surface area contributed by atoms with Crippen LogP contribution < -0.4 is 16.4 Å². The number of nitrogens with one attached hydrogen (secondary N) is 3. The summed E-state index contributed by atoms with van der Waals surface area (Å²) in [5, 5.41) is 24.3. The van der Waals surface area contributed by atoms with Crippen molar-refractivity contribution in [3.05, 3.63) is 81.0 Å². The summed E-state index contributed by atoms with van der Waals surface area (Å²) < 4.78 is 30.7. The van der Waals surface area contributed by atoms with E-state index in [0.717, 1.165) is 27.2 Å². The van der Waals surface area contributed by atoms with Gasteiger partial charge in [0.25, 0.3) is 5.91 Å². The fourth-order valence-electron chi connectivity index (χ4n) is 5.94. The second-order valence-corrected chi connectivity index (χ2v) is 12.3. The van der Waals surface area contributed by atoms with Crippen LogP contribution in [0.5, 0.6) is 0 Å². The van der Waals surface area contributed by atoms with E-state index in [0.29, 0.717) is 16.0 Å². The summed E-state index contributed by atoms with van der Waals surface area (Å²) in [5.41, 5.74) is 10.3. The highest BCUT2D eigenvalue weighted by Gasteiger charge is 2.42. The lowest BCUT2D eigenvalue weighted by molar-refractivity contribution is -0.160. The smallest absolute Gasteiger partial charge is 0.345 e. The Morgan fingerprint density at radius 3 is 2.55 bits per heavy atom. The minimum atomic E-state index is -3.10. The molecule has 2 aliphatic rings. The number of nitrogen functional groups attached to an aromatic ring is 1. The van der Waals surface area contributed by atoms with Crippen LogP contribution in [0.3, 0.4) is 0 Å². The SMILES string of the molecule is CC1(C)c2ccccc2-c2cc(C(=O)NCC(=O)N3C[C@H](OC(F)F)C[C@H]3C(=O)N[C@H](CO)c3cc(C(=N)N)cs3)ccc21. The number of nitrogens with zero attached hydrogens (tertiary/aromatic N) is 1. The van der Waals surface area contributed by atoms with E-state index in [4.69, 9.17) is 11.1 Å². The third kappa shape index (κ3) is 6.07. The van der Waals surface area contributed by atoms with Crippen molar-refractivity contribution in [3.63, 3.8) is 0 Å². The number of halogens is 2. The molecule has 0 saturated carbocycles. The molecule has 13 heteroatoms. The molecule has 3 amide bonds. The number of fused-ring (bicyclic) bond motifs is 3. The quantitative estimate of drug-likeness (QED) is 0.172. The number of nitrogens with two attached hydrogens (primary N) is 1. The number of hydrogen-bond donors (Lipinski definition) is 5. The summed E-state index contributed by atoms with van der Waals surface area (Å²) in [6, 6.07) is 12.9. The zero-order chi connectivity index (χ0) is 31.8. The van der Waals surface area contributed by atoms with Crippen LogP contribution in [0.2, 0.25) is 0 Å². The van der Waals surface area contributed by atoms with E-state index in [9.17, 15) is 28.3 Å². The Morgan fingerprint density at radius 2 is 1.86 bits per heavy atom. The molecule has 10 nitrogen and oxygen atoms in total. The van der Waals surface area contributed by atoms with Gasteiger partial charge in [0.2, 0.25) is 11.8 Å². The monoisotopic (exact) mass is 625 g/mol. The number of hydrogen-bond acceptors (Lipinski definition) is 7. The van der Waals surface area contributed by atoms with Gasteiger partial charge in [-0.2, -0.15) is 8.78 Å². The number of amides is 3. The van der Waals surface area contributed by atoms with Crippen LogP contribution in [0, 0.1) is 5.41 Å². The molecule has 2 aromatic carbocycles. The lowest BCUT2D eigenvalue weighted by Gasteiger charge is -2.25. The summed E-state index contributed by atoms with van der Waals surface area (Å²) in [4.78, 5) is 41.3. The molecule has 1 aliphatic carbocycles. The third-order valence-corrected chi connectivity index (χ3v) is 9.25. The van der Waals surface area contributed by atoms with Crippen LogP contribution in [0.15, 0.2) is 53.9 Å². The molecular weight excluding hydrogens is 592 g/mol. The molecule has 3 aromatic rings. The van der Waals surface area contributed by atoms with Gasteiger partial charge >= 0.3 is 6.61 Å². The van der Waals surface area contributed by atoms with Gasteiger partial charge in [-0.1, -0.05) is 44.2 Å². The van der Waals surface area contributed by atoms with Gasteiger partial charge in [-0.15, -0.1) is 11.3 Å². The molecule has 0 bridgehead atoms. The molecule has 1 saturated heterocycles. The van der Waals surface area contributed by atoms with Gasteiger partial charge in [0.15, 0.2) is 0 Å². The number of likely N-dealkylation sites (tertiary alicyclic amines) is 1. The van der Waals surface area contributed by atoms with Crippen LogP contribution in [0.4, 0.5) is 8.78 Å². The Hall–Kier alpha value is -4.20. The second-order valence-electron chi connectivity index (χ2n) is 11.3. The van der Waals surface area contributed by atoms with Crippen LogP contribution in [0.1, 0.15) is 58.2 Å². The van der Waals surface area contributed by atoms with Gasteiger partial charge in [-0.3, -0.25) is 19.8 Å². The molecular formula is C31H33F2N5O5S. The van der Waals surface area contributed by atoms with Gasteiger partial charge in [-0.05, 0) is 40.5 Å².